The minimum absolute atomic E-state index is 0.00756. The van der Waals surface area contributed by atoms with Crippen LogP contribution in [0.3, 0.4) is 0 Å². The van der Waals surface area contributed by atoms with Crippen LogP contribution >= 0.6 is 0 Å². The molecule has 0 spiro atoms. The first-order valence-electron chi connectivity index (χ1n) is 10.6. The number of anilines is 2. The maximum atomic E-state index is 11.9. The van der Waals surface area contributed by atoms with Gasteiger partial charge in [0.15, 0.2) is 5.78 Å². The van der Waals surface area contributed by atoms with Crippen LogP contribution in [0.2, 0.25) is 0 Å². The first kappa shape index (κ1) is 22.1. The highest BCUT2D eigenvalue weighted by atomic mass is 16.1. The lowest BCUT2D eigenvalue weighted by Crippen LogP contribution is -2.25. The number of carbonyl (C=O) groups is 1. The van der Waals surface area contributed by atoms with Gasteiger partial charge in [-0.25, -0.2) is 0 Å². The molecule has 5 heteroatoms. The molecule has 0 unspecified atom stereocenters. The quantitative estimate of drug-likeness (QED) is 0.207. The Bertz CT molecular complexity index is 1070. The van der Waals surface area contributed by atoms with Crippen molar-refractivity contribution in [1.82, 2.24) is 5.32 Å². The van der Waals surface area contributed by atoms with Gasteiger partial charge in [0.25, 0.3) is 0 Å². The molecule has 0 aliphatic carbocycles. The van der Waals surface area contributed by atoms with Crippen LogP contribution in [0.1, 0.15) is 41.8 Å². The van der Waals surface area contributed by atoms with Gasteiger partial charge in [0.2, 0.25) is 0 Å². The van der Waals surface area contributed by atoms with E-state index >= 15 is 0 Å². The summed E-state index contributed by atoms with van der Waals surface area (Å²) < 4.78 is 0. The molecular formula is C26H30N4O. The molecule has 0 aromatic heterocycles. The van der Waals surface area contributed by atoms with Crippen LogP contribution in [-0.2, 0) is 6.54 Å². The number of aliphatic imine (C=N–C) groups is 1. The Hall–Kier alpha value is -3.60. The maximum absolute atomic E-state index is 11.9. The molecule has 0 aliphatic heterocycles. The van der Waals surface area contributed by atoms with Crippen molar-refractivity contribution in [3.8, 4) is 11.1 Å². The maximum Gasteiger partial charge on any atom is 0.161 e. The van der Waals surface area contributed by atoms with E-state index in [0.717, 1.165) is 41.1 Å². The highest BCUT2D eigenvalue weighted by Crippen LogP contribution is 2.27. The van der Waals surface area contributed by atoms with Gasteiger partial charge in [-0.2, -0.15) is 0 Å². The van der Waals surface area contributed by atoms with Crippen molar-refractivity contribution in [3.05, 3.63) is 83.4 Å². The molecule has 5 nitrogen and oxygen atoms in total. The van der Waals surface area contributed by atoms with Gasteiger partial charge in [-0.3, -0.25) is 9.79 Å². The molecular weight excluding hydrogens is 384 g/mol. The lowest BCUT2D eigenvalue weighted by molar-refractivity contribution is 0.101. The van der Waals surface area contributed by atoms with Crippen molar-refractivity contribution >= 4 is 23.0 Å². The number of para-hydroxylation sites is 1. The van der Waals surface area contributed by atoms with Crippen molar-refractivity contribution in [2.75, 3.05) is 24.6 Å². The minimum atomic E-state index is -0.00756. The molecule has 31 heavy (non-hydrogen) atoms. The predicted molar refractivity (Wildman–Crippen MR) is 131 cm³/mol. The summed E-state index contributed by atoms with van der Waals surface area (Å²) in [6.07, 6.45) is 1.04. The summed E-state index contributed by atoms with van der Waals surface area (Å²) in [5.74, 6) is 0.895. The summed E-state index contributed by atoms with van der Waals surface area (Å²) in [7, 11) is 1.81. The molecule has 3 aromatic rings. The summed E-state index contributed by atoms with van der Waals surface area (Å²) in [5, 5.41) is 6.74. The molecule has 3 rings (SSSR count). The van der Waals surface area contributed by atoms with E-state index in [-0.39, 0.29) is 5.78 Å². The lowest BCUT2D eigenvalue weighted by atomic mass is 9.97. The molecule has 4 N–H and O–H groups in total. The molecule has 3 aromatic carbocycles. The number of rotatable bonds is 8. The second-order valence-electron chi connectivity index (χ2n) is 7.42. The molecule has 0 atom stereocenters. The third kappa shape index (κ3) is 5.31. The van der Waals surface area contributed by atoms with Crippen molar-refractivity contribution in [1.29, 1.82) is 0 Å². The van der Waals surface area contributed by atoms with Crippen LogP contribution in [0.4, 0.5) is 11.4 Å². The molecule has 0 heterocycles. The zero-order valence-corrected chi connectivity index (χ0v) is 18.4. The van der Waals surface area contributed by atoms with E-state index in [9.17, 15) is 4.79 Å². The monoisotopic (exact) mass is 414 g/mol. The fourth-order valence-corrected chi connectivity index (χ4v) is 3.53. The smallest absolute Gasteiger partial charge is 0.161 e. The summed E-state index contributed by atoms with van der Waals surface area (Å²) in [6.45, 7) is 5.16. The van der Waals surface area contributed by atoms with Gasteiger partial charge < -0.3 is 16.4 Å². The summed E-state index contributed by atoms with van der Waals surface area (Å²) in [4.78, 5) is 16.3. The SMILES string of the molecule is CCCNC(=NC)c1ccccc1-c1ccc(CNc2c(N)cccc2C(C)=O)cc1. The van der Waals surface area contributed by atoms with E-state index < -0.39 is 0 Å². The first-order valence-corrected chi connectivity index (χ1v) is 10.6. The number of Topliss-reactive ketones (excluding diaryl/α,β-unsaturated/α-hetero) is 1. The second-order valence-corrected chi connectivity index (χ2v) is 7.42. The second kappa shape index (κ2) is 10.4. The standard InChI is InChI=1S/C26H30N4O/c1-4-16-29-26(28-3)23-9-6-5-8-22(23)20-14-12-19(13-15-20)17-30-25-21(18(2)31)10-7-11-24(25)27/h5-15,30H,4,16-17,27H2,1-3H3,(H,28,29). The van der Waals surface area contributed by atoms with E-state index in [0.29, 0.717) is 23.5 Å². The third-order valence-corrected chi connectivity index (χ3v) is 5.16. The number of carbonyl (C=O) groups excluding carboxylic acids is 1. The van der Waals surface area contributed by atoms with Crippen LogP contribution in [0.25, 0.3) is 11.1 Å². The van der Waals surface area contributed by atoms with E-state index in [1.165, 1.54) is 0 Å². The minimum Gasteiger partial charge on any atom is -0.397 e. The zero-order chi connectivity index (χ0) is 22.2. The van der Waals surface area contributed by atoms with Gasteiger partial charge in [0, 0.05) is 31.3 Å². The van der Waals surface area contributed by atoms with Crippen LogP contribution < -0.4 is 16.4 Å². The molecule has 0 amide bonds. The van der Waals surface area contributed by atoms with Gasteiger partial charge >= 0.3 is 0 Å². The fourth-order valence-electron chi connectivity index (χ4n) is 3.53. The van der Waals surface area contributed by atoms with Crippen molar-refractivity contribution in [2.45, 2.75) is 26.8 Å². The van der Waals surface area contributed by atoms with E-state index in [1.54, 1.807) is 25.1 Å². The molecule has 0 fully saturated rings. The van der Waals surface area contributed by atoms with Crippen molar-refractivity contribution < 1.29 is 4.79 Å². The van der Waals surface area contributed by atoms with Gasteiger partial charge in [-0.15, -0.1) is 0 Å². The topological polar surface area (TPSA) is 79.5 Å². The number of amidine groups is 1. The Balaban J connectivity index is 1.80. The van der Waals surface area contributed by atoms with Crippen molar-refractivity contribution in [2.24, 2.45) is 4.99 Å². The van der Waals surface area contributed by atoms with E-state index in [4.69, 9.17) is 5.73 Å². The highest BCUT2D eigenvalue weighted by Gasteiger charge is 2.11. The Kier molecular flexibility index (Phi) is 7.44. The van der Waals surface area contributed by atoms with Crippen LogP contribution in [0.15, 0.2) is 71.7 Å². The highest BCUT2D eigenvalue weighted by molar-refractivity contribution is 6.04. The zero-order valence-electron chi connectivity index (χ0n) is 18.4. The first-order chi connectivity index (χ1) is 15.0. The summed E-state index contributed by atoms with van der Waals surface area (Å²) in [6, 6.07) is 22.1. The van der Waals surface area contributed by atoms with Crippen molar-refractivity contribution in [3.63, 3.8) is 0 Å². The summed E-state index contributed by atoms with van der Waals surface area (Å²) >= 11 is 0. The Morgan fingerprint density at radius 2 is 1.68 bits per heavy atom. The predicted octanol–water partition coefficient (Wildman–Crippen LogP) is 5.13. The molecule has 0 bridgehead atoms. The number of hydrogen-bond acceptors (Lipinski definition) is 4. The third-order valence-electron chi connectivity index (χ3n) is 5.16. The number of nitrogens with zero attached hydrogens (tertiary/aromatic N) is 1. The number of ketones is 1. The van der Waals surface area contributed by atoms with Gasteiger partial charge in [0.1, 0.15) is 5.84 Å². The largest absolute Gasteiger partial charge is 0.397 e. The number of nitrogens with two attached hydrogens (primary N) is 1. The molecule has 0 aliphatic rings. The number of benzene rings is 3. The van der Waals surface area contributed by atoms with E-state index in [2.05, 4.69) is 58.9 Å². The molecule has 0 saturated heterocycles. The summed E-state index contributed by atoms with van der Waals surface area (Å²) in [5.41, 5.74) is 12.4. The average molecular weight is 415 g/mol. The molecule has 0 saturated carbocycles. The van der Waals surface area contributed by atoms with Crippen LogP contribution in [0, 0.1) is 0 Å². The Labute approximate surface area is 184 Å². The van der Waals surface area contributed by atoms with Crippen LogP contribution in [0.5, 0.6) is 0 Å². The molecule has 160 valence electrons. The normalized spacial score (nSPS) is 11.3. The van der Waals surface area contributed by atoms with Gasteiger partial charge in [0.05, 0.1) is 11.4 Å². The van der Waals surface area contributed by atoms with Gasteiger partial charge in [-0.05, 0) is 42.2 Å². The van der Waals surface area contributed by atoms with Crippen LogP contribution in [-0.4, -0.2) is 25.2 Å². The number of hydrogen-bond donors (Lipinski definition) is 3. The number of nitrogens with one attached hydrogen (secondary N) is 2. The molecule has 0 radical (unpaired) electrons. The average Bonchev–Trinajstić information content (AvgIpc) is 2.79. The van der Waals surface area contributed by atoms with Gasteiger partial charge in [-0.1, -0.05) is 61.5 Å². The lowest BCUT2D eigenvalue weighted by Gasteiger charge is -2.15. The Morgan fingerprint density at radius 3 is 2.35 bits per heavy atom. The van der Waals surface area contributed by atoms with E-state index in [1.807, 2.05) is 19.2 Å². The fraction of sp³-hybridized carbons (Fsp3) is 0.231. The Morgan fingerprint density at radius 1 is 0.968 bits per heavy atom. The number of nitrogen functional groups attached to an aromatic ring is 1.